The summed E-state index contributed by atoms with van der Waals surface area (Å²) in [7, 11) is 1.52. The van der Waals surface area contributed by atoms with E-state index >= 15 is 0 Å². The molecule has 2 aromatic rings. The molecule has 2 heterocycles. The van der Waals surface area contributed by atoms with Crippen LogP contribution in [0.2, 0.25) is 0 Å². The first-order valence-electron chi connectivity index (χ1n) is 7.75. The van der Waals surface area contributed by atoms with Crippen LogP contribution >= 0.6 is 15.9 Å². The average Bonchev–Trinajstić information content (AvgIpc) is 2.62. The number of benzene rings is 1. The number of carbonyl (C=O) groups excluding carboxylic acids is 1. The molecule has 126 valence electrons. The van der Waals surface area contributed by atoms with E-state index in [2.05, 4.69) is 25.9 Å². The maximum atomic E-state index is 12.6. The molecule has 0 spiro atoms. The van der Waals surface area contributed by atoms with Crippen LogP contribution in [-0.2, 0) is 0 Å². The fourth-order valence-corrected chi connectivity index (χ4v) is 3.10. The molecular formula is C17H18BrN3O3. The number of methoxy groups -OCH3 is 1. The summed E-state index contributed by atoms with van der Waals surface area (Å²) in [5.41, 5.74) is 0.692. The molecule has 7 heteroatoms. The van der Waals surface area contributed by atoms with Crippen molar-refractivity contribution in [2.24, 2.45) is 0 Å². The summed E-state index contributed by atoms with van der Waals surface area (Å²) in [6.45, 7) is 1.32. The lowest BCUT2D eigenvalue weighted by Crippen LogP contribution is -2.42. The topological polar surface area (TPSA) is 64.6 Å². The predicted molar refractivity (Wildman–Crippen MR) is 92.3 cm³/mol. The lowest BCUT2D eigenvalue weighted by atomic mass is 10.1. The second-order valence-corrected chi connectivity index (χ2v) is 6.33. The highest BCUT2D eigenvalue weighted by molar-refractivity contribution is 9.10. The van der Waals surface area contributed by atoms with E-state index in [1.54, 1.807) is 12.3 Å². The summed E-state index contributed by atoms with van der Waals surface area (Å²) in [6.07, 6.45) is 3.17. The van der Waals surface area contributed by atoms with Gasteiger partial charge < -0.3 is 14.4 Å². The normalized spacial score (nSPS) is 15.2. The number of amides is 1. The van der Waals surface area contributed by atoms with Gasteiger partial charge in [-0.15, -0.1) is 0 Å². The Labute approximate surface area is 148 Å². The van der Waals surface area contributed by atoms with E-state index in [9.17, 15) is 4.79 Å². The van der Waals surface area contributed by atoms with Crippen LogP contribution in [0.15, 0.2) is 41.0 Å². The van der Waals surface area contributed by atoms with Crippen molar-refractivity contribution < 1.29 is 14.3 Å². The van der Waals surface area contributed by atoms with Crippen molar-refractivity contribution in [3.05, 3.63) is 46.6 Å². The van der Waals surface area contributed by atoms with Crippen molar-refractivity contribution in [3.8, 4) is 11.9 Å². The third-order valence-corrected chi connectivity index (χ3v) is 4.60. The molecule has 1 fully saturated rings. The highest BCUT2D eigenvalue weighted by atomic mass is 79.9. The summed E-state index contributed by atoms with van der Waals surface area (Å²) in [4.78, 5) is 22.6. The third kappa shape index (κ3) is 3.84. The summed E-state index contributed by atoms with van der Waals surface area (Å²) in [5.74, 6) is 0.544. The van der Waals surface area contributed by atoms with Gasteiger partial charge in [0.05, 0.1) is 12.7 Å². The minimum atomic E-state index is 0.0351. The molecule has 6 nitrogen and oxygen atoms in total. The Kier molecular flexibility index (Phi) is 5.30. The van der Waals surface area contributed by atoms with Gasteiger partial charge >= 0.3 is 6.01 Å². The van der Waals surface area contributed by atoms with Crippen LogP contribution in [0.1, 0.15) is 23.2 Å². The molecule has 1 aromatic carbocycles. The van der Waals surface area contributed by atoms with Crippen LogP contribution in [0.5, 0.6) is 11.9 Å². The molecule has 0 saturated carbocycles. The molecule has 24 heavy (non-hydrogen) atoms. The third-order valence-electron chi connectivity index (χ3n) is 3.91. The molecule has 0 radical (unpaired) electrons. The summed E-state index contributed by atoms with van der Waals surface area (Å²) >= 11 is 3.43. The second kappa shape index (κ2) is 7.61. The summed E-state index contributed by atoms with van der Waals surface area (Å²) in [5, 5.41) is 0. The SMILES string of the molecule is COc1nccc(OC2CCN(C(=O)c3ccccc3Br)CC2)n1. The molecule has 0 N–H and O–H groups in total. The Bertz CT molecular complexity index is 718. The fourth-order valence-electron chi connectivity index (χ4n) is 2.64. The molecule has 0 unspecified atom stereocenters. The number of aromatic nitrogens is 2. The van der Waals surface area contributed by atoms with Crippen molar-refractivity contribution >= 4 is 21.8 Å². The Balaban J connectivity index is 1.57. The second-order valence-electron chi connectivity index (χ2n) is 5.47. The largest absolute Gasteiger partial charge is 0.474 e. The van der Waals surface area contributed by atoms with E-state index in [0.29, 0.717) is 24.5 Å². The van der Waals surface area contributed by atoms with Gasteiger partial charge in [0.1, 0.15) is 6.10 Å². The fraction of sp³-hybridized carbons (Fsp3) is 0.353. The molecule has 1 aromatic heterocycles. The molecule has 1 saturated heterocycles. The van der Waals surface area contributed by atoms with Crippen LogP contribution in [0, 0.1) is 0 Å². The quantitative estimate of drug-likeness (QED) is 0.801. The Morgan fingerprint density at radius 2 is 2.00 bits per heavy atom. The standard InChI is InChI=1S/C17H18BrN3O3/c1-23-17-19-9-6-15(20-17)24-12-7-10-21(11-8-12)16(22)13-4-2-3-5-14(13)18/h2-6,9,12H,7-8,10-11H2,1H3. The van der Waals surface area contributed by atoms with Gasteiger partial charge in [-0.1, -0.05) is 12.1 Å². The average molecular weight is 392 g/mol. The van der Waals surface area contributed by atoms with Gasteiger partial charge in [0, 0.05) is 42.7 Å². The number of nitrogens with zero attached hydrogens (tertiary/aromatic N) is 3. The number of likely N-dealkylation sites (tertiary alicyclic amines) is 1. The number of halogens is 1. The monoisotopic (exact) mass is 391 g/mol. The number of piperidine rings is 1. The van der Waals surface area contributed by atoms with Gasteiger partial charge in [-0.2, -0.15) is 4.98 Å². The lowest BCUT2D eigenvalue weighted by Gasteiger charge is -2.32. The van der Waals surface area contributed by atoms with E-state index in [1.165, 1.54) is 7.11 Å². The van der Waals surface area contributed by atoms with Crippen LogP contribution in [-0.4, -0.2) is 47.1 Å². The molecule has 3 rings (SSSR count). The number of carbonyl (C=O) groups is 1. The van der Waals surface area contributed by atoms with E-state index in [-0.39, 0.29) is 18.0 Å². The molecule has 1 amide bonds. The number of hydrogen-bond donors (Lipinski definition) is 0. The van der Waals surface area contributed by atoms with Crippen molar-refractivity contribution in [1.82, 2.24) is 14.9 Å². The Hall–Kier alpha value is -2.15. The first kappa shape index (κ1) is 16.7. The molecule has 1 aliphatic heterocycles. The number of rotatable bonds is 4. The Morgan fingerprint density at radius 1 is 1.25 bits per heavy atom. The summed E-state index contributed by atoms with van der Waals surface area (Å²) < 4.78 is 11.7. The van der Waals surface area contributed by atoms with Crippen molar-refractivity contribution in [2.75, 3.05) is 20.2 Å². The van der Waals surface area contributed by atoms with Crippen molar-refractivity contribution in [1.29, 1.82) is 0 Å². The van der Waals surface area contributed by atoms with Gasteiger partial charge in [-0.05, 0) is 28.1 Å². The molecule has 0 aliphatic carbocycles. The highest BCUT2D eigenvalue weighted by Gasteiger charge is 2.25. The van der Waals surface area contributed by atoms with E-state index in [1.807, 2.05) is 29.2 Å². The minimum absolute atomic E-state index is 0.0351. The Morgan fingerprint density at radius 3 is 2.71 bits per heavy atom. The zero-order valence-corrected chi connectivity index (χ0v) is 14.9. The van der Waals surface area contributed by atoms with Crippen molar-refractivity contribution in [3.63, 3.8) is 0 Å². The zero-order chi connectivity index (χ0) is 16.9. The first-order valence-corrected chi connectivity index (χ1v) is 8.54. The smallest absolute Gasteiger partial charge is 0.319 e. The molecule has 0 bridgehead atoms. The molecular weight excluding hydrogens is 374 g/mol. The van der Waals surface area contributed by atoms with Gasteiger partial charge in [0.25, 0.3) is 5.91 Å². The molecule has 1 aliphatic rings. The van der Waals surface area contributed by atoms with Gasteiger partial charge in [0.15, 0.2) is 0 Å². The van der Waals surface area contributed by atoms with Crippen LogP contribution < -0.4 is 9.47 Å². The van der Waals surface area contributed by atoms with Crippen LogP contribution in [0.25, 0.3) is 0 Å². The van der Waals surface area contributed by atoms with Gasteiger partial charge in [0.2, 0.25) is 5.88 Å². The number of hydrogen-bond acceptors (Lipinski definition) is 5. The van der Waals surface area contributed by atoms with Gasteiger partial charge in [-0.25, -0.2) is 4.98 Å². The number of ether oxygens (including phenoxy) is 2. The van der Waals surface area contributed by atoms with E-state index < -0.39 is 0 Å². The zero-order valence-electron chi connectivity index (χ0n) is 13.3. The predicted octanol–water partition coefficient (Wildman–Crippen LogP) is 2.93. The highest BCUT2D eigenvalue weighted by Crippen LogP contribution is 2.22. The van der Waals surface area contributed by atoms with Crippen LogP contribution in [0.4, 0.5) is 0 Å². The maximum Gasteiger partial charge on any atom is 0.319 e. The van der Waals surface area contributed by atoms with E-state index in [4.69, 9.17) is 9.47 Å². The van der Waals surface area contributed by atoms with E-state index in [0.717, 1.165) is 17.3 Å². The first-order chi connectivity index (χ1) is 11.7. The maximum absolute atomic E-state index is 12.6. The van der Waals surface area contributed by atoms with Crippen molar-refractivity contribution in [2.45, 2.75) is 18.9 Å². The molecule has 0 atom stereocenters. The van der Waals surface area contributed by atoms with Crippen LogP contribution in [0.3, 0.4) is 0 Å². The summed E-state index contributed by atoms with van der Waals surface area (Å²) in [6, 6.07) is 9.48. The lowest BCUT2D eigenvalue weighted by molar-refractivity contribution is 0.0586. The van der Waals surface area contributed by atoms with Gasteiger partial charge in [-0.3, -0.25) is 4.79 Å². The minimum Gasteiger partial charge on any atom is -0.474 e.